The smallest absolute Gasteiger partial charge is 0.251 e. The zero-order valence-electron chi connectivity index (χ0n) is 10.9. The molecular weight excluding hydrogens is 267 g/mol. The summed E-state index contributed by atoms with van der Waals surface area (Å²) in [5.74, 6) is -0.773. The number of benzene rings is 1. The van der Waals surface area contributed by atoms with Crippen molar-refractivity contribution in [1.29, 1.82) is 0 Å². The van der Waals surface area contributed by atoms with Gasteiger partial charge in [0.15, 0.2) is 11.6 Å². The van der Waals surface area contributed by atoms with E-state index in [2.05, 4.69) is 5.32 Å². The molecule has 1 unspecified atom stereocenters. The van der Waals surface area contributed by atoms with Gasteiger partial charge in [-0.2, -0.15) is 0 Å². The van der Waals surface area contributed by atoms with Crippen LogP contribution in [0.15, 0.2) is 18.2 Å². The molecule has 1 amide bonds. The van der Waals surface area contributed by atoms with Crippen LogP contribution in [0, 0.1) is 5.82 Å². The summed E-state index contributed by atoms with van der Waals surface area (Å²) in [6, 6.07) is 3.84. The Hall–Kier alpha value is -1.69. The third-order valence-electron chi connectivity index (χ3n) is 2.69. The zero-order valence-corrected chi connectivity index (χ0v) is 11.7. The minimum Gasteiger partial charge on any atom is -0.494 e. The summed E-state index contributed by atoms with van der Waals surface area (Å²) in [5.41, 5.74) is 5.79. The molecule has 0 bridgehead atoms. The van der Waals surface area contributed by atoms with Crippen LogP contribution in [0.25, 0.3) is 0 Å². The summed E-state index contributed by atoms with van der Waals surface area (Å²) < 4.78 is 18.1. The first kappa shape index (κ1) is 15.4. The highest BCUT2D eigenvalue weighted by atomic mass is 32.1. The molecule has 6 heteroatoms. The number of rotatable bonds is 6. The highest BCUT2D eigenvalue weighted by molar-refractivity contribution is 7.80. The Morgan fingerprint density at radius 2 is 2.26 bits per heavy atom. The number of carbonyl (C=O) groups excluding carboxylic acids is 1. The van der Waals surface area contributed by atoms with E-state index >= 15 is 0 Å². The molecule has 0 aliphatic carbocycles. The van der Waals surface area contributed by atoms with Crippen LogP contribution in [0.5, 0.6) is 5.75 Å². The number of nitrogens with one attached hydrogen (secondary N) is 1. The maximum absolute atomic E-state index is 13.2. The fourth-order valence-corrected chi connectivity index (χ4v) is 1.81. The summed E-state index contributed by atoms with van der Waals surface area (Å²) in [6.45, 7) is 1.93. The van der Waals surface area contributed by atoms with Crippen molar-refractivity contribution in [3.8, 4) is 5.75 Å². The minimum absolute atomic E-state index is 0.0371. The summed E-state index contributed by atoms with van der Waals surface area (Å²) in [5, 5.41) is 2.80. The van der Waals surface area contributed by atoms with Gasteiger partial charge < -0.3 is 15.8 Å². The normalized spacial score (nSPS) is 11.7. The van der Waals surface area contributed by atoms with Gasteiger partial charge in [-0.05, 0) is 24.6 Å². The van der Waals surface area contributed by atoms with E-state index < -0.39 is 5.82 Å². The maximum Gasteiger partial charge on any atom is 0.251 e. The summed E-state index contributed by atoms with van der Waals surface area (Å²) >= 11 is 4.82. The first-order chi connectivity index (χ1) is 8.97. The number of ether oxygens (including phenoxy) is 1. The molecule has 0 heterocycles. The van der Waals surface area contributed by atoms with Crippen LogP contribution in [0.3, 0.4) is 0 Å². The van der Waals surface area contributed by atoms with E-state index in [4.69, 9.17) is 22.7 Å². The first-order valence-electron chi connectivity index (χ1n) is 5.90. The number of methoxy groups -OCH3 is 1. The Morgan fingerprint density at radius 3 is 2.79 bits per heavy atom. The lowest BCUT2D eigenvalue weighted by atomic mass is 10.1. The third kappa shape index (κ3) is 4.48. The second kappa shape index (κ2) is 7.04. The van der Waals surface area contributed by atoms with E-state index in [-0.39, 0.29) is 17.7 Å². The van der Waals surface area contributed by atoms with E-state index in [1.165, 1.54) is 25.3 Å². The number of amides is 1. The van der Waals surface area contributed by atoms with Crippen LogP contribution in [0.1, 0.15) is 30.1 Å². The molecule has 0 saturated heterocycles. The molecule has 3 N–H and O–H groups in total. The molecule has 19 heavy (non-hydrogen) atoms. The van der Waals surface area contributed by atoms with Gasteiger partial charge in [-0.3, -0.25) is 4.79 Å². The second-order valence-corrected chi connectivity index (χ2v) is 4.62. The highest BCUT2D eigenvalue weighted by Gasteiger charge is 2.14. The van der Waals surface area contributed by atoms with Crippen LogP contribution < -0.4 is 15.8 Å². The van der Waals surface area contributed by atoms with E-state index in [1.54, 1.807) is 0 Å². The maximum atomic E-state index is 13.2. The third-order valence-corrected chi connectivity index (χ3v) is 2.86. The lowest BCUT2D eigenvalue weighted by Crippen LogP contribution is -2.37. The molecule has 0 radical (unpaired) electrons. The fourth-order valence-electron chi connectivity index (χ4n) is 1.61. The molecule has 1 rings (SSSR count). The van der Waals surface area contributed by atoms with Crippen LogP contribution in [0.2, 0.25) is 0 Å². The summed E-state index contributed by atoms with van der Waals surface area (Å²) in [7, 11) is 1.35. The van der Waals surface area contributed by atoms with Gasteiger partial charge in [-0.25, -0.2) is 4.39 Å². The highest BCUT2D eigenvalue weighted by Crippen LogP contribution is 2.18. The molecule has 0 saturated carbocycles. The Balaban J connectivity index is 2.79. The minimum atomic E-state index is -0.505. The van der Waals surface area contributed by atoms with E-state index in [0.717, 1.165) is 0 Å². The lowest BCUT2D eigenvalue weighted by Gasteiger charge is -2.16. The van der Waals surface area contributed by atoms with E-state index in [1.807, 2.05) is 6.92 Å². The SMILES string of the molecule is CCC(CC(N)=S)NC(=O)c1ccc(F)c(OC)c1. The quantitative estimate of drug-likeness (QED) is 0.784. The van der Waals surface area contributed by atoms with Crippen molar-refractivity contribution in [2.75, 3.05) is 7.11 Å². The predicted octanol–water partition coefficient (Wildman–Crippen LogP) is 2.02. The molecule has 1 aromatic rings. The first-order valence-corrected chi connectivity index (χ1v) is 6.31. The number of hydrogen-bond donors (Lipinski definition) is 2. The largest absolute Gasteiger partial charge is 0.494 e. The van der Waals surface area contributed by atoms with Gasteiger partial charge in [-0.15, -0.1) is 0 Å². The van der Waals surface area contributed by atoms with Gasteiger partial charge in [0, 0.05) is 18.0 Å². The van der Waals surface area contributed by atoms with Gasteiger partial charge in [0.25, 0.3) is 5.91 Å². The number of thiocarbonyl (C=S) groups is 1. The molecule has 104 valence electrons. The number of halogens is 1. The molecular formula is C13H17FN2O2S. The number of carbonyl (C=O) groups is 1. The molecule has 0 fully saturated rings. The van der Waals surface area contributed by atoms with Gasteiger partial charge in [-0.1, -0.05) is 19.1 Å². The molecule has 1 aromatic carbocycles. The zero-order chi connectivity index (χ0) is 14.4. The van der Waals surface area contributed by atoms with Crippen molar-refractivity contribution in [2.24, 2.45) is 5.73 Å². The molecule has 1 atom stereocenters. The molecule has 0 spiro atoms. The topological polar surface area (TPSA) is 64.3 Å². The van der Waals surface area contributed by atoms with Crippen molar-refractivity contribution in [1.82, 2.24) is 5.32 Å². The summed E-state index contributed by atoms with van der Waals surface area (Å²) in [4.78, 5) is 12.4. The van der Waals surface area contributed by atoms with Crippen molar-refractivity contribution in [3.05, 3.63) is 29.6 Å². The van der Waals surface area contributed by atoms with Crippen LogP contribution in [-0.2, 0) is 0 Å². The molecule has 0 aromatic heterocycles. The number of hydrogen-bond acceptors (Lipinski definition) is 3. The average Bonchev–Trinajstić information content (AvgIpc) is 2.37. The van der Waals surface area contributed by atoms with Crippen LogP contribution in [-0.4, -0.2) is 24.0 Å². The van der Waals surface area contributed by atoms with E-state index in [0.29, 0.717) is 23.4 Å². The van der Waals surface area contributed by atoms with Crippen molar-refractivity contribution in [3.63, 3.8) is 0 Å². The monoisotopic (exact) mass is 284 g/mol. The van der Waals surface area contributed by atoms with Gasteiger partial charge in [0.2, 0.25) is 0 Å². The summed E-state index contributed by atoms with van der Waals surface area (Å²) in [6.07, 6.45) is 1.15. The van der Waals surface area contributed by atoms with Crippen LogP contribution >= 0.6 is 12.2 Å². The average molecular weight is 284 g/mol. The Labute approximate surface area is 117 Å². The van der Waals surface area contributed by atoms with Crippen molar-refractivity contribution in [2.45, 2.75) is 25.8 Å². The Kier molecular flexibility index (Phi) is 5.69. The van der Waals surface area contributed by atoms with Crippen LogP contribution in [0.4, 0.5) is 4.39 Å². The second-order valence-electron chi connectivity index (χ2n) is 4.10. The molecule has 0 aliphatic rings. The van der Waals surface area contributed by atoms with Crippen molar-refractivity contribution >= 4 is 23.1 Å². The standard InChI is InChI=1S/C13H17FN2O2S/c1-3-9(7-12(15)19)16-13(17)8-4-5-10(14)11(6-8)18-2/h4-6,9H,3,7H2,1-2H3,(H2,15,19)(H,16,17). The Bertz CT molecular complexity index is 480. The lowest BCUT2D eigenvalue weighted by molar-refractivity contribution is 0.0937. The molecule has 0 aliphatic heterocycles. The van der Waals surface area contributed by atoms with Gasteiger partial charge in [0.05, 0.1) is 12.1 Å². The van der Waals surface area contributed by atoms with E-state index in [9.17, 15) is 9.18 Å². The number of nitrogens with two attached hydrogens (primary N) is 1. The molecule has 4 nitrogen and oxygen atoms in total. The fraction of sp³-hybridized carbons (Fsp3) is 0.385. The van der Waals surface area contributed by atoms with Crippen molar-refractivity contribution < 1.29 is 13.9 Å². The predicted molar refractivity (Wildman–Crippen MR) is 75.9 cm³/mol. The van der Waals surface area contributed by atoms with Gasteiger partial charge in [0.1, 0.15) is 0 Å². The van der Waals surface area contributed by atoms with Gasteiger partial charge >= 0.3 is 0 Å². The Morgan fingerprint density at radius 1 is 1.58 bits per heavy atom.